The van der Waals surface area contributed by atoms with E-state index >= 15 is 0 Å². The molecule has 7 nitrogen and oxygen atoms in total. The lowest BCUT2D eigenvalue weighted by atomic mass is 10.1. The highest BCUT2D eigenvalue weighted by molar-refractivity contribution is 5.86. The fourth-order valence-corrected chi connectivity index (χ4v) is 1.28. The molecule has 0 spiro atoms. The zero-order valence-corrected chi connectivity index (χ0v) is 11.8. The molecular formula is C12H22N2O5. The van der Waals surface area contributed by atoms with Crippen LogP contribution in [0.2, 0.25) is 0 Å². The number of ether oxygens (including phenoxy) is 1. The molecule has 7 heteroatoms. The van der Waals surface area contributed by atoms with E-state index in [-0.39, 0.29) is 12.8 Å². The molecule has 1 atom stereocenters. The van der Waals surface area contributed by atoms with E-state index in [4.69, 9.17) is 9.84 Å². The SMILES string of the molecule is CCNC(=O)[C@H](CCC(=O)O)NC(=O)OC(C)(C)C. The number of likely N-dealkylation sites (N-methyl/N-ethyl adjacent to an activating group) is 1. The van der Waals surface area contributed by atoms with Gasteiger partial charge in [0.05, 0.1) is 0 Å². The number of carbonyl (C=O) groups is 3. The van der Waals surface area contributed by atoms with Gasteiger partial charge in [-0.25, -0.2) is 4.79 Å². The van der Waals surface area contributed by atoms with Gasteiger partial charge < -0.3 is 20.5 Å². The molecule has 0 saturated heterocycles. The van der Waals surface area contributed by atoms with Gasteiger partial charge in [-0.05, 0) is 34.1 Å². The van der Waals surface area contributed by atoms with E-state index in [0.29, 0.717) is 6.54 Å². The second-order valence-corrected chi connectivity index (χ2v) is 5.03. The van der Waals surface area contributed by atoms with Gasteiger partial charge in [-0.2, -0.15) is 0 Å². The van der Waals surface area contributed by atoms with Crippen molar-refractivity contribution in [3.05, 3.63) is 0 Å². The van der Waals surface area contributed by atoms with Crippen molar-refractivity contribution in [2.45, 2.75) is 52.2 Å². The molecule has 0 radical (unpaired) electrons. The van der Waals surface area contributed by atoms with Crippen LogP contribution >= 0.6 is 0 Å². The minimum absolute atomic E-state index is 0.0143. The summed E-state index contributed by atoms with van der Waals surface area (Å²) in [6.45, 7) is 7.24. The van der Waals surface area contributed by atoms with Gasteiger partial charge in [0.2, 0.25) is 5.91 Å². The highest BCUT2D eigenvalue weighted by Crippen LogP contribution is 2.07. The number of aliphatic carboxylic acids is 1. The molecule has 0 aliphatic rings. The molecule has 0 aliphatic carbocycles. The van der Waals surface area contributed by atoms with Gasteiger partial charge in [0, 0.05) is 13.0 Å². The zero-order chi connectivity index (χ0) is 15.1. The second kappa shape index (κ2) is 7.60. The minimum atomic E-state index is -1.03. The van der Waals surface area contributed by atoms with Gasteiger partial charge in [-0.15, -0.1) is 0 Å². The van der Waals surface area contributed by atoms with Crippen LogP contribution in [0.1, 0.15) is 40.5 Å². The number of hydrogen-bond acceptors (Lipinski definition) is 4. The van der Waals surface area contributed by atoms with E-state index in [9.17, 15) is 14.4 Å². The molecule has 0 unspecified atom stereocenters. The smallest absolute Gasteiger partial charge is 0.408 e. The second-order valence-electron chi connectivity index (χ2n) is 5.03. The number of carboxylic acid groups (broad SMARTS) is 1. The van der Waals surface area contributed by atoms with Crippen LogP contribution in [0.15, 0.2) is 0 Å². The summed E-state index contributed by atoms with van der Waals surface area (Å²) < 4.78 is 5.03. The van der Waals surface area contributed by atoms with Crippen molar-refractivity contribution in [2.75, 3.05) is 6.54 Å². The van der Waals surface area contributed by atoms with Crippen molar-refractivity contribution >= 4 is 18.0 Å². The summed E-state index contributed by atoms with van der Waals surface area (Å²) in [4.78, 5) is 33.8. The summed E-state index contributed by atoms with van der Waals surface area (Å²) >= 11 is 0. The summed E-state index contributed by atoms with van der Waals surface area (Å²) in [7, 11) is 0. The Morgan fingerprint density at radius 1 is 1.26 bits per heavy atom. The van der Waals surface area contributed by atoms with Crippen molar-refractivity contribution in [2.24, 2.45) is 0 Å². The Morgan fingerprint density at radius 3 is 2.26 bits per heavy atom. The number of carboxylic acids is 1. The fraction of sp³-hybridized carbons (Fsp3) is 0.750. The van der Waals surface area contributed by atoms with Crippen molar-refractivity contribution in [3.63, 3.8) is 0 Å². The number of alkyl carbamates (subject to hydrolysis) is 1. The Kier molecular flexibility index (Phi) is 6.89. The van der Waals surface area contributed by atoms with Crippen LogP contribution in [0.25, 0.3) is 0 Å². The Balaban J connectivity index is 4.52. The van der Waals surface area contributed by atoms with Crippen LogP contribution in [0.4, 0.5) is 4.79 Å². The molecule has 0 bridgehead atoms. The summed E-state index contributed by atoms with van der Waals surface area (Å²) in [6, 6.07) is -0.911. The first-order chi connectivity index (χ1) is 8.65. The van der Waals surface area contributed by atoms with Crippen molar-refractivity contribution in [3.8, 4) is 0 Å². The molecule has 2 amide bonds. The minimum Gasteiger partial charge on any atom is -0.481 e. The molecule has 110 valence electrons. The van der Waals surface area contributed by atoms with Gasteiger partial charge >= 0.3 is 12.1 Å². The molecule has 0 heterocycles. The predicted molar refractivity (Wildman–Crippen MR) is 68.7 cm³/mol. The quantitative estimate of drug-likeness (QED) is 0.667. The first-order valence-electron chi connectivity index (χ1n) is 6.14. The molecular weight excluding hydrogens is 252 g/mol. The van der Waals surface area contributed by atoms with E-state index in [1.807, 2.05) is 0 Å². The maximum absolute atomic E-state index is 11.7. The van der Waals surface area contributed by atoms with Gasteiger partial charge in [-0.3, -0.25) is 9.59 Å². The third-order valence-electron chi connectivity index (χ3n) is 2.01. The summed E-state index contributed by atoms with van der Waals surface area (Å²) in [6.07, 6.45) is -0.938. The van der Waals surface area contributed by atoms with Crippen LogP contribution in [0.3, 0.4) is 0 Å². The van der Waals surface area contributed by atoms with Gasteiger partial charge in [0.1, 0.15) is 11.6 Å². The van der Waals surface area contributed by atoms with Crippen LogP contribution < -0.4 is 10.6 Å². The van der Waals surface area contributed by atoms with Gasteiger partial charge in [0.25, 0.3) is 0 Å². The maximum atomic E-state index is 11.7. The third-order valence-corrected chi connectivity index (χ3v) is 2.01. The molecule has 0 aromatic rings. The molecule has 19 heavy (non-hydrogen) atoms. The van der Waals surface area contributed by atoms with Crippen LogP contribution in [0, 0.1) is 0 Å². The maximum Gasteiger partial charge on any atom is 0.408 e. The molecule has 0 aromatic carbocycles. The van der Waals surface area contributed by atoms with Crippen molar-refractivity contribution in [1.82, 2.24) is 10.6 Å². The zero-order valence-electron chi connectivity index (χ0n) is 11.8. The standard InChI is InChI=1S/C12H22N2O5/c1-5-13-10(17)8(6-7-9(15)16)14-11(18)19-12(2,3)4/h8H,5-7H2,1-4H3,(H,13,17)(H,14,18)(H,15,16)/t8-/m0/s1. The van der Waals surface area contributed by atoms with E-state index in [1.54, 1.807) is 27.7 Å². The molecule has 0 rings (SSSR count). The highest BCUT2D eigenvalue weighted by Gasteiger charge is 2.24. The number of hydrogen-bond donors (Lipinski definition) is 3. The Hall–Kier alpha value is -1.79. The highest BCUT2D eigenvalue weighted by atomic mass is 16.6. The van der Waals surface area contributed by atoms with Crippen LogP contribution in [0.5, 0.6) is 0 Å². The van der Waals surface area contributed by atoms with E-state index in [2.05, 4.69) is 10.6 Å². The number of nitrogens with one attached hydrogen (secondary N) is 2. The Morgan fingerprint density at radius 2 is 1.84 bits per heavy atom. The third kappa shape index (κ3) is 8.87. The first kappa shape index (κ1) is 17.2. The Labute approximate surface area is 112 Å². The summed E-state index contributed by atoms with van der Waals surface area (Å²) in [5, 5.41) is 13.5. The van der Waals surface area contributed by atoms with Crippen molar-refractivity contribution in [1.29, 1.82) is 0 Å². The monoisotopic (exact) mass is 274 g/mol. The fourth-order valence-electron chi connectivity index (χ4n) is 1.28. The van der Waals surface area contributed by atoms with Gasteiger partial charge in [-0.1, -0.05) is 0 Å². The van der Waals surface area contributed by atoms with Crippen molar-refractivity contribution < 1.29 is 24.2 Å². The van der Waals surface area contributed by atoms with E-state index in [0.717, 1.165) is 0 Å². The lowest BCUT2D eigenvalue weighted by Gasteiger charge is -2.23. The number of amides is 2. The molecule has 0 aromatic heterocycles. The molecule has 0 fully saturated rings. The normalized spacial score (nSPS) is 12.4. The number of carbonyl (C=O) groups excluding carboxylic acids is 2. The summed E-state index contributed by atoms with van der Waals surface area (Å²) in [5.41, 5.74) is -0.678. The predicted octanol–water partition coefficient (Wildman–Crippen LogP) is 0.881. The summed E-state index contributed by atoms with van der Waals surface area (Å²) in [5.74, 6) is -1.45. The van der Waals surface area contributed by atoms with Gasteiger partial charge in [0.15, 0.2) is 0 Å². The lowest BCUT2D eigenvalue weighted by Crippen LogP contribution is -2.48. The topological polar surface area (TPSA) is 105 Å². The molecule has 0 saturated carbocycles. The van der Waals surface area contributed by atoms with E-state index < -0.39 is 29.6 Å². The first-order valence-corrected chi connectivity index (χ1v) is 6.14. The van der Waals surface area contributed by atoms with E-state index in [1.165, 1.54) is 0 Å². The van der Waals surface area contributed by atoms with Crippen LogP contribution in [-0.2, 0) is 14.3 Å². The average molecular weight is 274 g/mol. The Bertz CT molecular complexity index is 336. The molecule has 3 N–H and O–H groups in total. The average Bonchev–Trinajstić information content (AvgIpc) is 2.21. The van der Waals surface area contributed by atoms with Crippen LogP contribution in [-0.4, -0.2) is 41.3 Å². The largest absolute Gasteiger partial charge is 0.481 e. The number of rotatable bonds is 6. The molecule has 0 aliphatic heterocycles. The lowest BCUT2D eigenvalue weighted by molar-refractivity contribution is -0.137.